The number of hydrogen-bond acceptors (Lipinski definition) is 2. The van der Waals surface area contributed by atoms with E-state index in [-0.39, 0.29) is 5.78 Å². The van der Waals surface area contributed by atoms with Crippen molar-refractivity contribution in [3.8, 4) is 0 Å². The van der Waals surface area contributed by atoms with Crippen LogP contribution in [0.25, 0.3) is 0 Å². The van der Waals surface area contributed by atoms with E-state index in [9.17, 15) is 9.59 Å². The van der Waals surface area contributed by atoms with Crippen molar-refractivity contribution in [3.63, 3.8) is 0 Å². The molecule has 0 spiro atoms. The lowest BCUT2D eigenvalue weighted by Crippen LogP contribution is -2.05. The van der Waals surface area contributed by atoms with Crippen molar-refractivity contribution in [2.45, 2.75) is 17.6 Å². The zero-order valence-corrected chi connectivity index (χ0v) is 10.5. The van der Waals surface area contributed by atoms with Crippen LogP contribution < -0.4 is 0 Å². The molecule has 1 atom stereocenters. The molecule has 0 aliphatic heterocycles. The van der Waals surface area contributed by atoms with Crippen LogP contribution in [0.1, 0.15) is 33.2 Å². The standard InChI is InChI=1S/C11H10BrClO2/c1-7(15)11(12)10-4-8(5-13)2-3-9(10)6-14/h2-4,6,11H,5H2,1H3. The minimum Gasteiger partial charge on any atom is -0.298 e. The molecule has 0 bridgehead atoms. The molecule has 0 saturated carbocycles. The monoisotopic (exact) mass is 288 g/mol. The number of carbonyl (C=O) groups is 2. The highest BCUT2D eigenvalue weighted by molar-refractivity contribution is 9.09. The second-order valence-corrected chi connectivity index (χ2v) is 4.37. The maximum absolute atomic E-state index is 11.2. The molecule has 1 aromatic rings. The van der Waals surface area contributed by atoms with Gasteiger partial charge in [0.2, 0.25) is 0 Å². The lowest BCUT2D eigenvalue weighted by atomic mass is 10.0. The predicted molar refractivity (Wildman–Crippen MR) is 63.7 cm³/mol. The van der Waals surface area contributed by atoms with Crippen molar-refractivity contribution >= 4 is 39.6 Å². The lowest BCUT2D eigenvalue weighted by Gasteiger charge is -2.10. The Labute approximate surface area is 102 Å². The van der Waals surface area contributed by atoms with Crippen LogP contribution in [-0.2, 0) is 10.7 Å². The number of aldehydes is 1. The molecular formula is C11H10BrClO2. The molecule has 0 aliphatic rings. The Kier molecular flexibility index (Phi) is 4.48. The van der Waals surface area contributed by atoms with Crippen LogP contribution in [0.15, 0.2) is 18.2 Å². The fraction of sp³-hybridized carbons (Fsp3) is 0.273. The Morgan fingerprint density at radius 2 is 2.27 bits per heavy atom. The highest BCUT2D eigenvalue weighted by Gasteiger charge is 2.16. The van der Waals surface area contributed by atoms with E-state index in [2.05, 4.69) is 15.9 Å². The van der Waals surface area contributed by atoms with E-state index in [1.807, 2.05) is 0 Å². The number of halogens is 2. The maximum Gasteiger partial charge on any atom is 0.150 e. The molecule has 0 amide bonds. The zero-order valence-electron chi connectivity index (χ0n) is 8.17. The summed E-state index contributed by atoms with van der Waals surface area (Å²) >= 11 is 8.94. The molecule has 0 aromatic heterocycles. The molecule has 0 aliphatic carbocycles. The second-order valence-electron chi connectivity index (χ2n) is 3.19. The molecule has 1 rings (SSSR count). The summed E-state index contributed by atoms with van der Waals surface area (Å²) in [5.41, 5.74) is 2.08. The van der Waals surface area contributed by atoms with E-state index in [0.29, 0.717) is 17.0 Å². The highest BCUT2D eigenvalue weighted by atomic mass is 79.9. The van der Waals surface area contributed by atoms with E-state index in [4.69, 9.17) is 11.6 Å². The number of carbonyl (C=O) groups excluding carboxylic acids is 2. The van der Waals surface area contributed by atoms with Gasteiger partial charge in [-0.2, -0.15) is 0 Å². The summed E-state index contributed by atoms with van der Waals surface area (Å²) in [6.45, 7) is 1.47. The molecule has 0 heterocycles. The molecule has 4 heteroatoms. The maximum atomic E-state index is 11.2. The molecule has 1 unspecified atom stereocenters. The summed E-state index contributed by atoms with van der Waals surface area (Å²) in [4.78, 5) is 21.6. The van der Waals surface area contributed by atoms with Gasteiger partial charge in [-0.05, 0) is 18.1 Å². The van der Waals surface area contributed by atoms with Gasteiger partial charge in [-0.3, -0.25) is 9.59 Å². The fourth-order valence-corrected chi connectivity index (χ4v) is 1.82. The summed E-state index contributed by atoms with van der Waals surface area (Å²) in [6.07, 6.45) is 0.741. The van der Waals surface area contributed by atoms with E-state index < -0.39 is 4.83 Å². The Morgan fingerprint density at radius 3 is 2.73 bits per heavy atom. The number of alkyl halides is 2. The molecule has 1 aromatic carbocycles. The normalized spacial score (nSPS) is 12.2. The summed E-state index contributed by atoms with van der Waals surface area (Å²) < 4.78 is 0. The Morgan fingerprint density at radius 1 is 1.60 bits per heavy atom. The van der Waals surface area contributed by atoms with Gasteiger partial charge >= 0.3 is 0 Å². The largest absolute Gasteiger partial charge is 0.298 e. The fourth-order valence-electron chi connectivity index (χ4n) is 1.25. The van der Waals surface area contributed by atoms with Crippen LogP contribution in [0.2, 0.25) is 0 Å². The number of Topliss-reactive ketones (excluding diaryl/α,β-unsaturated/α-hetero) is 1. The third-order valence-corrected chi connectivity index (χ3v) is 3.51. The van der Waals surface area contributed by atoms with Gasteiger partial charge in [0.1, 0.15) is 12.1 Å². The SMILES string of the molecule is CC(=O)C(Br)c1cc(CCl)ccc1C=O. The Hall–Kier alpha value is -0.670. The van der Waals surface area contributed by atoms with Crippen LogP contribution in [0.3, 0.4) is 0 Å². The van der Waals surface area contributed by atoms with E-state index >= 15 is 0 Å². The van der Waals surface area contributed by atoms with Crippen molar-refractivity contribution < 1.29 is 9.59 Å². The average Bonchev–Trinajstić information content (AvgIpc) is 2.27. The van der Waals surface area contributed by atoms with Crippen LogP contribution in [0.5, 0.6) is 0 Å². The third-order valence-electron chi connectivity index (χ3n) is 2.06. The molecule has 2 nitrogen and oxygen atoms in total. The van der Waals surface area contributed by atoms with E-state index in [1.54, 1.807) is 18.2 Å². The molecule has 80 valence electrons. The number of benzene rings is 1. The minimum absolute atomic E-state index is 0.0372. The van der Waals surface area contributed by atoms with Gasteiger partial charge in [0.25, 0.3) is 0 Å². The van der Waals surface area contributed by atoms with Crippen LogP contribution in [-0.4, -0.2) is 12.1 Å². The topological polar surface area (TPSA) is 34.1 Å². The first kappa shape index (κ1) is 12.4. The van der Waals surface area contributed by atoms with E-state index in [0.717, 1.165) is 11.8 Å². The van der Waals surface area contributed by atoms with Gasteiger partial charge < -0.3 is 0 Å². The highest BCUT2D eigenvalue weighted by Crippen LogP contribution is 2.27. The first-order valence-electron chi connectivity index (χ1n) is 4.38. The van der Waals surface area contributed by atoms with Crippen molar-refractivity contribution in [1.29, 1.82) is 0 Å². The second kappa shape index (κ2) is 5.42. The predicted octanol–water partition coefficient (Wildman–Crippen LogP) is 3.26. The molecule has 0 saturated heterocycles. The molecular weight excluding hydrogens is 279 g/mol. The Bertz CT molecular complexity index is 390. The third kappa shape index (κ3) is 2.89. The van der Waals surface area contributed by atoms with Crippen molar-refractivity contribution in [3.05, 3.63) is 34.9 Å². The van der Waals surface area contributed by atoms with Crippen molar-refractivity contribution in [2.24, 2.45) is 0 Å². The Balaban J connectivity index is 3.22. The zero-order chi connectivity index (χ0) is 11.4. The minimum atomic E-state index is -0.444. The average molecular weight is 290 g/mol. The van der Waals surface area contributed by atoms with Gasteiger partial charge in [0.05, 0.1) is 4.83 Å². The summed E-state index contributed by atoms with van der Waals surface area (Å²) in [7, 11) is 0. The van der Waals surface area contributed by atoms with Crippen molar-refractivity contribution in [1.82, 2.24) is 0 Å². The molecule has 0 fully saturated rings. The van der Waals surface area contributed by atoms with Crippen molar-refractivity contribution in [2.75, 3.05) is 0 Å². The van der Waals surface area contributed by atoms with Gasteiger partial charge in [-0.25, -0.2) is 0 Å². The van der Waals surface area contributed by atoms with E-state index in [1.165, 1.54) is 6.92 Å². The van der Waals surface area contributed by atoms with Gasteiger partial charge in [0.15, 0.2) is 0 Å². The number of rotatable bonds is 4. The molecule has 0 radical (unpaired) electrons. The van der Waals surface area contributed by atoms with Gasteiger partial charge in [-0.15, -0.1) is 11.6 Å². The summed E-state index contributed by atoms with van der Waals surface area (Å²) in [5.74, 6) is 0.328. The quantitative estimate of drug-likeness (QED) is 0.630. The van der Waals surface area contributed by atoms with Crippen LogP contribution in [0, 0.1) is 0 Å². The van der Waals surface area contributed by atoms with Gasteiger partial charge in [-0.1, -0.05) is 34.1 Å². The number of ketones is 1. The summed E-state index contributed by atoms with van der Waals surface area (Å²) in [6, 6.07) is 5.23. The lowest BCUT2D eigenvalue weighted by molar-refractivity contribution is -0.116. The first-order valence-corrected chi connectivity index (χ1v) is 5.83. The van der Waals surface area contributed by atoms with Gasteiger partial charge in [0, 0.05) is 11.4 Å². The molecule has 15 heavy (non-hydrogen) atoms. The van der Waals surface area contributed by atoms with Crippen LogP contribution >= 0.6 is 27.5 Å². The summed E-state index contributed by atoms with van der Waals surface area (Å²) in [5, 5.41) is 0. The number of hydrogen-bond donors (Lipinski definition) is 0. The molecule has 0 N–H and O–H groups in total. The first-order chi connectivity index (χ1) is 7.10. The van der Waals surface area contributed by atoms with Crippen LogP contribution in [0.4, 0.5) is 0 Å². The smallest absolute Gasteiger partial charge is 0.150 e.